The van der Waals surface area contributed by atoms with Crippen molar-refractivity contribution in [2.24, 2.45) is 5.41 Å². The Morgan fingerprint density at radius 2 is 2.13 bits per heavy atom. The summed E-state index contributed by atoms with van der Waals surface area (Å²) in [7, 11) is 0. The summed E-state index contributed by atoms with van der Waals surface area (Å²) < 4.78 is 0. The van der Waals surface area contributed by atoms with Crippen molar-refractivity contribution in [1.82, 2.24) is 0 Å². The number of hydrogen-bond acceptors (Lipinski definition) is 4. The molecule has 0 heterocycles. The molecule has 2 aliphatic rings. The molecule has 1 aromatic rings. The van der Waals surface area contributed by atoms with Gasteiger partial charge < -0.3 is 5.11 Å². The second kappa shape index (κ2) is 5.48. The van der Waals surface area contributed by atoms with E-state index in [4.69, 9.17) is 0 Å². The van der Waals surface area contributed by atoms with Crippen molar-refractivity contribution in [2.45, 2.75) is 52.4 Å². The molecule has 0 aromatic heterocycles. The fourth-order valence-corrected chi connectivity index (χ4v) is 4.30. The average Bonchev–Trinajstić information content (AvgIpc) is 2.83. The number of nitro groups is 1. The molecule has 1 atom stereocenters. The van der Waals surface area contributed by atoms with Crippen LogP contribution in [0.4, 0.5) is 5.69 Å². The summed E-state index contributed by atoms with van der Waals surface area (Å²) in [6.07, 6.45) is 4.80. The van der Waals surface area contributed by atoms with E-state index < -0.39 is 4.92 Å². The molecule has 0 radical (unpaired) electrons. The molecule has 1 aromatic carbocycles. The number of phenolic OH excluding ortho intramolecular Hbond substituents is 1. The molecule has 122 valence electrons. The molecule has 0 saturated carbocycles. The molecule has 0 bridgehead atoms. The number of allylic oxidation sites excluding steroid dienone is 2. The van der Waals surface area contributed by atoms with Crippen LogP contribution in [-0.4, -0.2) is 15.8 Å². The maximum Gasteiger partial charge on any atom is 0.314 e. The van der Waals surface area contributed by atoms with E-state index in [2.05, 4.69) is 6.92 Å². The molecule has 3 rings (SSSR count). The molecule has 23 heavy (non-hydrogen) atoms. The van der Waals surface area contributed by atoms with Crippen molar-refractivity contribution < 1.29 is 14.8 Å². The molecule has 5 heteroatoms. The number of carbonyl (C=O) groups is 1. The quantitative estimate of drug-likeness (QED) is 0.668. The first-order chi connectivity index (χ1) is 10.9. The van der Waals surface area contributed by atoms with Gasteiger partial charge in [0.25, 0.3) is 0 Å². The van der Waals surface area contributed by atoms with E-state index in [9.17, 15) is 20.0 Å². The normalized spacial score (nSPS) is 23.0. The van der Waals surface area contributed by atoms with Crippen LogP contribution in [0.3, 0.4) is 0 Å². The third kappa shape index (κ3) is 2.26. The molecule has 1 unspecified atom stereocenters. The zero-order valence-electron chi connectivity index (χ0n) is 13.5. The maximum absolute atomic E-state index is 12.2. The van der Waals surface area contributed by atoms with Crippen molar-refractivity contribution in [3.8, 4) is 5.75 Å². The van der Waals surface area contributed by atoms with E-state index in [0.717, 1.165) is 42.4 Å². The number of Topliss-reactive ketones (excluding diaryl/α,β-unsaturated/α-hetero) is 1. The van der Waals surface area contributed by atoms with E-state index in [0.29, 0.717) is 18.4 Å². The number of phenols is 1. The number of rotatable bonds is 4. The Balaban J connectivity index is 2.24. The molecule has 1 N–H and O–H groups in total. The number of fused-ring (bicyclic) bond motifs is 3. The van der Waals surface area contributed by atoms with Gasteiger partial charge >= 0.3 is 5.69 Å². The number of unbranched alkanes of at least 4 members (excludes halogenated alkanes) is 1. The van der Waals surface area contributed by atoms with Crippen LogP contribution in [0.25, 0.3) is 5.57 Å². The molecule has 0 aliphatic heterocycles. The van der Waals surface area contributed by atoms with Crippen LogP contribution in [0.1, 0.15) is 57.1 Å². The SMILES string of the molecule is CCCCC12CCC(=O)C(C)=C1c1ccc(O)c([N+](=O)[O-])c1C2. The van der Waals surface area contributed by atoms with Crippen LogP contribution in [-0.2, 0) is 11.2 Å². The number of nitro benzene ring substituents is 1. The summed E-state index contributed by atoms with van der Waals surface area (Å²) in [5, 5.41) is 21.3. The minimum Gasteiger partial charge on any atom is -0.502 e. The number of nitrogens with zero attached hydrogens (tertiary/aromatic N) is 1. The summed E-state index contributed by atoms with van der Waals surface area (Å²) >= 11 is 0. The number of hydrogen-bond donors (Lipinski definition) is 1. The van der Waals surface area contributed by atoms with Crippen molar-refractivity contribution >= 4 is 17.0 Å². The van der Waals surface area contributed by atoms with Crippen LogP contribution >= 0.6 is 0 Å². The van der Waals surface area contributed by atoms with Gasteiger partial charge in [-0.2, -0.15) is 0 Å². The zero-order chi connectivity index (χ0) is 16.8. The third-order valence-electron chi connectivity index (χ3n) is 5.39. The minimum atomic E-state index is -0.503. The van der Waals surface area contributed by atoms with Crippen LogP contribution in [0.5, 0.6) is 5.75 Å². The topological polar surface area (TPSA) is 80.4 Å². The van der Waals surface area contributed by atoms with Gasteiger partial charge in [-0.3, -0.25) is 14.9 Å². The summed E-state index contributed by atoms with van der Waals surface area (Å²) in [6, 6.07) is 3.12. The average molecular weight is 315 g/mol. The van der Waals surface area contributed by atoms with Crippen molar-refractivity contribution in [3.05, 3.63) is 38.9 Å². The largest absolute Gasteiger partial charge is 0.502 e. The lowest BCUT2D eigenvalue weighted by Crippen LogP contribution is -2.28. The van der Waals surface area contributed by atoms with E-state index in [1.807, 2.05) is 6.92 Å². The highest BCUT2D eigenvalue weighted by atomic mass is 16.6. The predicted octanol–water partition coefficient (Wildman–Crippen LogP) is 4.17. The van der Waals surface area contributed by atoms with Gasteiger partial charge in [-0.1, -0.05) is 25.8 Å². The smallest absolute Gasteiger partial charge is 0.314 e. The van der Waals surface area contributed by atoms with Gasteiger partial charge in [0, 0.05) is 17.4 Å². The second-order valence-electron chi connectivity index (χ2n) is 6.70. The highest BCUT2D eigenvalue weighted by Crippen LogP contribution is 2.58. The summed E-state index contributed by atoms with van der Waals surface area (Å²) in [4.78, 5) is 23.1. The molecular weight excluding hydrogens is 294 g/mol. The Morgan fingerprint density at radius 3 is 2.78 bits per heavy atom. The minimum absolute atomic E-state index is 0.135. The highest BCUT2D eigenvalue weighted by molar-refractivity contribution is 6.06. The number of ketones is 1. The van der Waals surface area contributed by atoms with E-state index >= 15 is 0 Å². The Hall–Kier alpha value is -2.17. The van der Waals surface area contributed by atoms with E-state index in [1.165, 1.54) is 6.07 Å². The van der Waals surface area contributed by atoms with Gasteiger partial charge in [-0.05, 0) is 49.0 Å². The zero-order valence-corrected chi connectivity index (χ0v) is 13.5. The Bertz CT molecular complexity index is 735. The molecule has 0 saturated heterocycles. The Labute approximate surface area is 135 Å². The summed E-state index contributed by atoms with van der Waals surface area (Å²) in [5.41, 5.74) is 2.73. The first-order valence-electron chi connectivity index (χ1n) is 8.15. The molecular formula is C18H21NO4. The van der Waals surface area contributed by atoms with Gasteiger partial charge in [-0.25, -0.2) is 0 Å². The lowest BCUT2D eigenvalue weighted by Gasteiger charge is -2.35. The third-order valence-corrected chi connectivity index (χ3v) is 5.39. The fraction of sp³-hybridized carbons (Fsp3) is 0.500. The molecule has 5 nitrogen and oxygen atoms in total. The fourth-order valence-electron chi connectivity index (χ4n) is 4.30. The monoisotopic (exact) mass is 315 g/mol. The first kappa shape index (κ1) is 15.7. The standard InChI is InChI=1S/C18H21NO4/c1-3-4-8-18-9-7-14(20)11(2)16(18)12-5-6-15(21)17(19(22)23)13(12)10-18/h5-6,21H,3-4,7-10H2,1-2H3. The van der Waals surface area contributed by atoms with E-state index in [-0.39, 0.29) is 22.6 Å². The maximum atomic E-state index is 12.2. The van der Waals surface area contributed by atoms with Crippen LogP contribution < -0.4 is 0 Å². The van der Waals surface area contributed by atoms with Crippen LogP contribution in [0.15, 0.2) is 17.7 Å². The molecule has 0 amide bonds. The first-order valence-corrected chi connectivity index (χ1v) is 8.15. The second-order valence-corrected chi connectivity index (χ2v) is 6.70. The molecule has 0 fully saturated rings. The lowest BCUT2D eigenvalue weighted by atomic mass is 9.67. The van der Waals surface area contributed by atoms with Crippen LogP contribution in [0, 0.1) is 15.5 Å². The van der Waals surface area contributed by atoms with Crippen LogP contribution in [0.2, 0.25) is 0 Å². The summed E-state index contributed by atoms with van der Waals surface area (Å²) in [5.74, 6) is -0.154. The summed E-state index contributed by atoms with van der Waals surface area (Å²) in [6.45, 7) is 3.96. The predicted molar refractivity (Wildman–Crippen MR) is 87.3 cm³/mol. The molecule has 0 spiro atoms. The number of benzene rings is 1. The van der Waals surface area contributed by atoms with Gasteiger partial charge in [0.2, 0.25) is 0 Å². The van der Waals surface area contributed by atoms with Crippen molar-refractivity contribution in [3.63, 3.8) is 0 Å². The Kier molecular flexibility index (Phi) is 3.74. The van der Waals surface area contributed by atoms with Crippen molar-refractivity contribution in [2.75, 3.05) is 0 Å². The Morgan fingerprint density at radius 1 is 1.39 bits per heavy atom. The highest BCUT2D eigenvalue weighted by Gasteiger charge is 2.48. The van der Waals surface area contributed by atoms with Gasteiger partial charge in [0.1, 0.15) is 0 Å². The number of carbonyl (C=O) groups excluding carboxylic acids is 1. The van der Waals surface area contributed by atoms with Gasteiger partial charge in [-0.15, -0.1) is 0 Å². The molecule has 2 aliphatic carbocycles. The number of aromatic hydroxyl groups is 1. The van der Waals surface area contributed by atoms with Crippen molar-refractivity contribution in [1.29, 1.82) is 0 Å². The van der Waals surface area contributed by atoms with Gasteiger partial charge in [0.05, 0.1) is 4.92 Å². The lowest BCUT2D eigenvalue weighted by molar-refractivity contribution is -0.386. The van der Waals surface area contributed by atoms with E-state index in [1.54, 1.807) is 6.07 Å². The van der Waals surface area contributed by atoms with Gasteiger partial charge in [0.15, 0.2) is 11.5 Å².